The first-order chi connectivity index (χ1) is 13.1. The zero-order valence-corrected chi connectivity index (χ0v) is 15.2. The number of para-hydroxylation sites is 1. The molecule has 4 nitrogen and oxygen atoms in total. The summed E-state index contributed by atoms with van der Waals surface area (Å²) in [6.07, 6.45) is 0. The Labute approximate surface area is 158 Å². The Kier molecular flexibility index (Phi) is 6.39. The van der Waals surface area contributed by atoms with E-state index < -0.39 is 0 Å². The maximum Gasteiger partial charge on any atom is 0.234 e. The zero-order chi connectivity index (χ0) is 19.1. The van der Waals surface area contributed by atoms with E-state index in [0.29, 0.717) is 6.54 Å². The van der Waals surface area contributed by atoms with E-state index in [4.69, 9.17) is 4.74 Å². The van der Waals surface area contributed by atoms with Crippen LogP contribution in [0.3, 0.4) is 0 Å². The molecule has 0 aromatic heterocycles. The van der Waals surface area contributed by atoms with Crippen LogP contribution in [0.5, 0.6) is 5.75 Å². The molecule has 1 atom stereocenters. The number of benzene rings is 3. The minimum atomic E-state index is -0.389. The Morgan fingerprint density at radius 1 is 1.04 bits per heavy atom. The summed E-state index contributed by atoms with van der Waals surface area (Å²) in [6, 6.07) is 20.5. The van der Waals surface area contributed by atoms with Gasteiger partial charge in [0.1, 0.15) is 6.61 Å². The molecular weight excluding hydrogens is 343 g/mol. The van der Waals surface area contributed by atoms with Gasteiger partial charge in [-0.05, 0) is 41.5 Å². The van der Waals surface area contributed by atoms with Crippen LogP contribution in [-0.4, -0.2) is 25.6 Å². The lowest BCUT2D eigenvalue weighted by molar-refractivity contribution is -0.120. The molecule has 0 aliphatic heterocycles. The average Bonchev–Trinajstić information content (AvgIpc) is 2.68. The number of amides is 1. The molecule has 1 unspecified atom stereocenters. The first-order valence-corrected chi connectivity index (χ1v) is 8.99. The Morgan fingerprint density at radius 3 is 2.59 bits per heavy atom. The molecule has 27 heavy (non-hydrogen) atoms. The SMILES string of the molecule is CC(NC(=O)CNCCOc1ccccc1F)c1ccc2ccccc2c1. The summed E-state index contributed by atoms with van der Waals surface area (Å²) < 4.78 is 18.8. The predicted molar refractivity (Wildman–Crippen MR) is 105 cm³/mol. The fourth-order valence-electron chi connectivity index (χ4n) is 2.85. The van der Waals surface area contributed by atoms with Gasteiger partial charge < -0.3 is 15.4 Å². The second-order valence-electron chi connectivity index (χ2n) is 6.35. The van der Waals surface area contributed by atoms with Crippen molar-refractivity contribution in [2.24, 2.45) is 0 Å². The molecule has 0 heterocycles. The van der Waals surface area contributed by atoms with E-state index in [-0.39, 0.29) is 36.7 Å². The van der Waals surface area contributed by atoms with Gasteiger partial charge in [-0.15, -0.1) is 0 Å². The molecule has 0 aliphatic carbocycles. The molecular formula is C22H23FN2O2. The highest BCUT2D eigenvalue weighted by molar-refractivity contribution is 5.83. The number of nitrogens with one attached hydrogen (secondary N) is 2. The highest BCUT2D eigenvalue weighted by Crippen LogP contribution is 2.20. The quantitative estimate of drug-likeness (QED) is 0.596. The van der Waals surface area contributed by atoms with Crippen LogP contribution in [0.2, 0.25) is 0 Å². The van der Waals surface area contributed by atoms with Gasteiger partial charge in [0.2, 0.25) is 5.91 Å². The van der Waals surface area contributed by atoms with Crippen molar-refractivity contribution in [1.82, 2.24) is 10.6 Å². The molecule has 3 aromatic carbocycles. The van der Waals surface area contributed by atoms with Crippen LogP contribution in [0, 0.1) is 5.82 Å². The molecule has 0 saturated carbocycles. The van der Waals surface area contributed by atoms with Gasteiger partial charge in [0, 0.05) is 6.54 Å². The standard InChI is InChI=1S/C22H23FN2O2/c1-16(18-11-10-17-6-2-3-7-19(17)14-18)25-22(26)15-24-12-13-27-21-9-5-4-8-20(21)23/h2-11,14,16,24H,12-13,15H2,1H3,(H,25,26). The van der Waals surface area contributed by atoms with Gasteiger partial charge in [-0.25, -0.2) is 4.39 Å². The first-order valence-electron chi connectivity index (χ1n) is 8.99. The van der Waals surface area contributed by atoms with E-state index in [1.807, 2.05) is 25.1 Å². The van der Waals surface area contributed by atoms with Gasteiger partial charge in [-0.3, -0.25) is 4.79 Å². The Hall–Kier alpha value is -2.92. The molecule has 3 rings (SSSR count). The monoisotopic (exact) mass is 366 g/mol. The third-order valence-corrected chi connectivity index (χ3v) is 4.31. The molecule has 5 heteroatoms. The van der Waals surface area contributed by atoms with Gasteiger partial charge in [0.05, 0.1) is 12.6 Å². The Morgan fingerprint density at radius 2 is 1.78 bits per heavy atom. The summed E-state index contributed by atoms with van der Waals surface area (Å²) in [4.78, 5) is 12.1. The number of carbonyl (C=O) groups excluding carboxylic acids is 1. The number of carbonyl (C=O) groups is 1. The Balaban J connectivity index is 1.41. The number of ether oxygens (including phenoxy) is 1. The van der Waals surface area contributed by atoms with E-state index in [1.54, 1.807) is 18.2 Å². The minimum absolute atomic E-state index is 0.0847. The van der Waals surface area contributed by atoms with Crippen molar-refractivity contribution >= 4 is 16.7 Å². The summed E-state index contributed by atoms with van der Waals surface area (Å²) in [5, 5.41) is 8.31. The van der Waals surface area contributed by atoms with E-state index in [9.17, 15) is 9.18 Å². The molecule has 140 valence electrons. The molecule has 0 spiro atoms. The van der Waals surface area contributed by atoms with Crippen LogP contribution in [-0.2, 0) is 4.79 Å². The normalized spacial score (nSPS) is 11.9. The highest BCUT2D eigenvalue weighted by atomic mass is 19.1. The average molecular weight is 366 g/mol. The van der Waals surface area contributed by atoms with Crippen LogP contribution in [0.15, 0.2) is 66.7 Å². The summed E-state index contributed by atoms with van der Waals surface area (Å²) >= 11 is 0. The van der Waals surface area contributed by atoms with Gasteiger partial charge in [0.15, 0.2) is 11.6 Å². The van der Waals surface area contributed by atoms with Gasteiger partial charge in [-0.2, -0.15) is 0 Å². The second-order valence-corrected chi connectivity index (χ2v) is 6.35. The minimum Gasteiger partial charge on any atom is -0.489 e. The maximum absolute atomic E-state index is 13.4. The lowest BCUT2D eigenvalue weighted by Crippen LogP contribution is -2.36. The van der Waals surface area contributed by atoms with Crippen molar-refractivity contribution in [2.75, 3.05) is 19.7 Å². The number of hydrogen-bond acceptors (Lipinski definition) is 3. The third-order valence-electron chi connectivity index (χ3n) is 4.31. The molecule has 1 amide bonds. The van der Waals surface area contributed by atoms with E-state index >= 15 is 0 Å². The van der Waals surface area contributed by atoms with Crippen molar-refractivity contribution in [3.63, 3.8) is 0 Å². The number of hydrogen-bond donors (Lipinski definition) is 2. The molecule has 0 saturated heterocycles. The Bertz CT molecular complexity index is 913. The van der Waals surface area contributed by atoms with Crippen molar-refractivity contribution in [2.45, 2.75) is 13.0 Å². The number of rotatable bonds is 8. The lowest BCUT2D eigenvalue weighted by atomic mass is 10.0. The number of halogens is 1. The molecule has 0 fully saturated rings. The molecule has 3 aromatic rings. The van der Waals surface area contributed by atoms with Crippen LogP contribution in [0.4, 0.5) is 4.39 Å². The second kappa shape index (κ2) is 9.14. The van der Waals surface area contributed by atoms with Crippen LogP contribution in [0.25, 0.3) is 10.8 Å². The summed E-state index contributed by atoms with van der Waals surface area (Å²) in [5.74, 6) is -0.269. The molecule has 0 aliphatic rings. The van der Waals surface area contributed by atoms with Crippen LogP contribution >= 0.6 is 0 Å². The van der Waals surface area contributed by atoms with Crippen LogP contribution in [0.1, 0.15) is 18.5 Å². The number of fused-ring (bicyclic) bond motifs is 1. The third kappa shape index (κ3) is 5.28. The topological polar surface area (TPSA) is 50.4 Å². The van der Waals surface area contributed by atoms with E-state index in [1.165, 1.54) is 11.5 Å². The predicted octanol–water partition coefficient (Wildman–Crippen LogP) is 3.82. The fourth-order valence-corrected chi connectivity index (χ4v) is 2.85. The summed E-state index contributed by atoms with van der Waals surface area (Å²) in [5.41, 5.74) is 1.06. The molecule has 2 N–H and O–H groups in total. The van der Waals surface area contributed by atoms with Crippen molar-refractivity contribution in [1.29, 1.82) is 0 Å². The van der Waals surface area contributed by atoms with E-state index in [2.05, 4.69) is 34.9 Å². The van der Waals surface area contributed by atoms with Crippen molar-refractivity contribution in [3.05, 3.63) is 78.1 Å². The van der Waals surface area contributed by atoms with Gasteiger partial charge >= 0.3 is 0 Å². The van der Waals surface area contributed by atoms with Crippen molar-refractivity contribution < 1.29 is 13.9 Å². The molecule has 0 radical (unpaired) electrons. The van der Waals surface area contributed by atoms with Crippen LogP contribution < -0.4 is 15.4 Å². The first kappa shape index (κ1) is 18.9. The smallest absolute Gasteiger partial charge is 0.234 e. The fraction of sp³-hybridized carbons (Fsp3) is 0.227. The van der Waals surface area contributed by atoms with Gasteiger partial charge in [0.25, 0.3) is 0 Å². The highest BCUT2D eigenvalue weighted by Gasteiger charge is 2.10. The summed E-state index contributed by atoms with van der Waals surface area (Å²) in [6.45, 7) is 2.88. The zero-order valence-electron chi connectivity index (χ0n) is 15.2. The van der Waals surface area contributed by atoms with Gasteiger partial charge in [-0.1, -0.05) is 48.5 Å². The van der Waals surface area contributed by atoms with E-state index in [0.717, 1.165) is 10.9 Å². The summed E-state index contributed by atoms with van der Waals surface area (Å²) in [7, 11) is 0. The largest absolute Gasteiger partial charge is 0.489 e. The maximum atomic E-state index is 13.4. The lowest BCUT2D eigenvalue weighted by Gasteiger charge is -2.15. The van der Waals surface area contributed by atoms with Crippen molar-refractivity contribution in [3.8, 4) is 5.75 Å². The molecule has 0 bridgehead atoms.